The molecule has 0 aromatic heterocycles. The second kappa shape index (κ2) is 5.00. The first-order valence-electron chi connectivity index (χ1n) is 9.16. The van der Waals surface area contributed by atoms with Gasteiger partial charge in [-0.2, -0.15) is 0 Å². The van der Waals surface area contributed by atoms with Gasteiger partial charge in [-0.05, 0) is 80.1 Å². The fourth-order valence-corrected chi connectivity index (χ4v) is 7.16. The van der Waals surface area contributed by atoms with Gasteiger partial charge >= 0.3 is 0 Å². The van der Waals surface area contributed by atoms with Crippen LogP contribution in [0.2, 0.25) is 0 Å². The minimum Gasteiger partial charge on any atom is -0.313 e. The molecule has 0 aromatic rings. The van der Waals surface area contributed by atoms with Gasteiger partial charge in [-0.3, -0.25) is 0 Å². The summed E-state index contributed by atoms with van der Waals surface area (Å²) in [6, 6.07) is 0.787. The van der Waals surface area contributed by atoms with Gasteiger partial charge in [0.05, 0.1) is 0 Å². The molecule has 0 heterocycles. The van der Waals surface area contributed by atoms with Crippen molar-refractivity contribution in [1.82, 2.24) is 5.32 Å². The summed E-state index contributed by atoms with van der Waals surface area (Å²) < 4.78 is 0. The second-order valence-electron chi connectivity index (χ2n) is 9.29. The lowest BCUT2D eigenvalue weighted by molar-refractivity contribution is -0.158. The third kappa shape index (κ3) is 2.45. The van der Waals surface area contributed by atoms with E-state index in [1.807, 2.05) is 0 Å². The van der Waals surface area contributed by atoms with Crippen molar-refractivity contribution in [3.8, 4) is 0 Å². The van der Waals surface area contributed by atoms with E-state index in [4.69, 9.17) is 0 Å². The van der Waals surface area contributed by atoms with Crippen LogP contribution < -0.4 is 5.32 Å². The second-order valence-corrected chi connectivity index (χ2v) is 9.29. The standard InChI is InChI=1S/C19H35N/c1-5-7-16(20-8-6-2)19-11-15-9-17(3,13-19)12-18(4,10-15)14-19/h15-16,20H,5-14H2,1-4H3. The molecule has 0 radical (unpaired) electrons. The van der Waals surface area contributed by atoms with Gasteiger partial charge in [-0.1, -0.05) is 34.1 Å². The maximum absolute atomic E-state index is 3.96. The highest BCUT2D eigenvalue weighted by Gasteiger charge is 2.61. The average Bonchev–Trinajstić information content (AvgIpc) is 2.29. The molecule has 4 rings (SSSR count). The van der Waals surface area contributed by atoms with Crippen molar-refractivity contribution in [3.05, 3.63) is 0 Å². The Balaban J connectivity index is 1.86. The predicted octanol–water partition coefficient (Wildman–Crippen LogP) is 5.15. The van der Waals surface area contributed by atoms with E-state index in [9.17, 15) is 0 Å². The largest absolute Gasteiger partial charge is 0.313 e. The van der Waals surface area contributed by atoms with E-state index in [-0.39, 0.29) is 0 Å². The Morgan fingerprint density at radius 1 is 0.950 bits per heavy atom. The van der Waals surface area contributed by atoms with Crippen molar-refractivity contribution in [2.24, 2.45) is 22.2 Å². The van der Waals surface area contributed by atoms with E-state index in [1.165, 1.54) is 64.3 Å². The fraction of sp³-hybridized carbons (Fsp3) is 1.00. The van der Waals surface area contributed by atoms with Crippen LogP contribution in [0.5, 0.6) is 0 Å². The van der Waals surface area contributed by atoms with E-state index < -0.39 is 0 Å². The van der Waals surface area contributed by atoms with Crippen LogP contribution in [-0.2, 0) is 0 Å². The molecule has 3 atom stereocenters. The third-order valence-corrected chi connectivity index (χ3v) is 6.63. The molecule has 1 N–H and O–H groups in total. The number of hydrogen-bond donors (Lipinski definition) is 1. The highest BCUT2D eigenvalue weighted by Crippen LogP contribution is 2.70. The van der Waals surface area contributed by atoms with Gasteiger partial charge in [-0.25, -0.2) is 0 Å². The molecule has 4 saturated carbocycles. The van der Waals surface area contributed by atoms with Crippen LogP contribution in [0, 0.1) is 22.2 Å². The molecule has 4 fully saturated rings. The molecular weight excluding hydrogens is 242 g/mol. The summed E-state index contributed by atoms with van der Waals surface area (Å²) in [6.07, 6.45) is 13.1. The molecular formula is C19H35N. The molecule has 0 aliphatic heterocycles. The third-order valence-electron chi connectivity index (χ3n) is 6.63. The maximum Gasteiger partial charge on any atom is 0.0124 e. The molecule has 0 aromatic carbocycles. The van der Waals surface area contributed by atoms with Gasteiger partial charge < -0.3 is 5.32 Å². The van der Waals surface area contributed by atoms with Crippen molar-refractivity contribution < 1.29 is 0 Å². The topological polar surface area (TPSA) is 12.0 Å². The molecule has 0 saturated heterocycles. The van der Waals surface area contributed by atoms with Crippen molar-refractivity contribution in [2.75, 3.05) is 6.54 Å². The molecule has 3 unspecified atom stereocenters. The van der Waals surface area contributed by atoms with Crippen LogP contribution in [0.25, 0.3) is 0 Å². The molecule has 20 heavy (non-hydrogen) atoms. The Hall–Kier alpha value is -0.0400. The SMILES string of the molecule is CCCNC(CCC)C12CC3CC(C)(CC(C)(C3)C1)C2. The van der Waals surface area contributed by atoms with Crippen LogP contribution in [0.1, 0.15) is 85.5 Å². The monoisotopic (exact) mass is 277 g/mol. The molecule has 1 heteroatoms. The summed E-state index contributed by atoms with van der Waals surface area (Å²) in [5.41, 5.74) is 1.95. The molecule has 0 spiro atoms. The quantitative estimate of drug-likeness (QED) is 0.708. The number of rotatable bonds is 6. The van der Waals surface area contributed by atoms with Gasteiger partial charge in [-0.15, -0.1) is 0 Å². The normalized spacial score (nSPS) is 47.7. The minimum absolute atomic E-state index is 0.633. The summed E-state index contributed by atoms with van der Waals surface area (Å²) >= 11 is 0. The molecule has 0 amide bonds. The van der Waals surface area contributed by atoms with Crippen LogP contribution in [-0.4, -0.2) is 12.6 Å². The zero-order valence-corrected chi connectivity index (χ0v) is 14.2. The first-order chi connectivity index (χ1) is 9.43. The predicted molar refractivity (Wildman–Crippen MR) is 86.8 cm³/mol. The van der Waals surface area contributed by atoms with Crippen molar-refractivity contribution in [1.29, 1.82) is 0 Å². The lowest BCUT2D eigenvalue weighted by atomic mass is 9.39. The van der Waals surface area contributed by atoms with Gasteiger partial charge in [0.25, 0.3) is 0 Å². The summed E-state index contributed by atoms with van der Waals surface area (Å²) in [6.45, 7) is 11.1. The number of nitrogens with one attached hydrogen (secondary N) is 1. The highest BCUT2D eigenvalue weighted by atomic mass is 14.9. The van der Waals surface area contributed by atoms with E-state index in [0.717, 1.165) is 12.0 Å². The summed E-state index contributed by atoms with van der Waals surface area (Å²) in [5, 5.41) is 3.96. The maximum atomic E-state index is 3.96. The highest BCUT2D eigenvalue weighted by molar-refractivity contribution is 5.13. The molecule has 4 aliphatic rings. The zero-order chi connectivity index (χ0) is 14.4. The van der Waals surface area contributed by atoms with Crippen molar-refractivity contribution >= 4 is 0 Å². The van der Waals surface area contributed by atoms with E-state index >= 15 is 0 Å². The summed E-state index contributed by atoms with van der Waals surface area (Å²) in [7, 11) is 0. The van der Waals surface area contributed by atoms with Crippen LogP contribution in [0.4, 0.5) is 0 Å². The molecule has 116 valence electrons. The van der Waals surface area contributed by atoms with E-state index in [1.54, 1.807) is 0 Å². The lowest BCUT2D eigenvalue weighted by Gasteiger charge is -2.67. The first kappa shape index (κ1) is 14.9. The summed E-state index contributed by atoms with van der Waals surface area (Å²) in [5.74, 6) is 1.03. The fourth-order valence-electron chi connectivity index (χ4n) is 7.16. The zero-order valence-electron chi connectivity index (χ0n) is 14.2. The van der Waals surface area contributed by atoms with Crippen molar-refractivity contribution in [3.63, 3.8) is 0 Å². The molecule has 4 bridgehead atoms. The van der Waals surface area contributed by atoms with E-state index in [2.05, 4.69) is 33.0 Å². The smallest absolute Gasteiger partial charge is 0.0124 e. The first-order valence-corrected chi connectivity index (χ1v) is 9.16. The van der Waals surface area contributed by atoms with Gasteiger partial charge in [0.15, 0.2) is 0 Å². The van der Waals surface area contributed by atoms with Gasteiger partial charge in [0, 0.05) is 6.04 Å². The molecule has 4 aliphatic carbocycles. The minimum atomic E-state index is 0.633. The Kier molecular flexibility index (Phi) is 3.72. The Morgan fingerprint density at radius 2 is 1.60 bits per heavy atom. The van der Waals surface area contributed by atoms with Crippen LogP contribution >= 0.6 is 0 Å². The Bertz CT molecular complexity index is 343. The molecule has 1 nitrogen and oxygen atoms in total. The van der Waals surface area contributed by atoms with E-state index in [0.29, 0.717) is 16.2 Å². The van der Waals surface area contributed by atoms with Gasteiger partial charge in [0.2, 0.25) is 0 Å². The van der Waals surface area contributed by atoms with Crippen LogP contribution in [0.15, 0.2) is 0 Å². The lowest BCUT2D eigenvalue weighted by Crippen LogP contribution is -2.61. The Morgan fingerprint density at radius 3 is 2.10 bits per heavy atom. The Labute approximate surface area is 126 Å². The van der Waals surface area contributed by atoms with Gasteiger partial charge in [0.1, 0.15) is 0 Å². The van der Waals surface area contributed by atoms with Crippen LogP contribution in [0.3, 0.4) is 0 Å². The average molecular weight is 277 g/mol. The summed E-state index contributed by atoms with van der Waals surface area (Å²) in [4.78, 5) is 0. The van der Waals surface area contributed by atoms with Crippen molar-refractivity contribution in [2.45, 2.75) is 91.5 Å². The number of hydrogen-bond acceptors (Lipinski definition) is 1.